The lowest BCUT2D eigenvalue weighted by atomic mass is 9.82. The molecule has 4 nitrogen and oxygen atoms in total. The number of anilines is 1. The maximum atomic E-state index is 9.13. The third kappa shape index (κ3) is 3.39. The fourth-order valence-corrected chi connectivity index (χ4v) is 2.24. The highest BCUT2D eigenvalue weighted by Gasteiger charge is 2.27. The monoisotopic (exact) mass is 260 g/mol. The molecule has 19 heavy (non-hydrogen) atoms. The van der Waals surface area contributed by atoms with Gasteiger partial charge in [-0.05, 0) is 30.4 Å². The van der Waals surface area contributed by atoms with Crippen molar-refractivity contribution in [2.24, 2.45) is 5.41 Å². The number of ether oxygens (including phenoxy) is 2. The van der Waals surface area contributed by atoms with Crippen molar-refractivity contribution in [1.29, 1.82) is 5.26 Å². The Morgan fingerprint density at radius 3 is 2.79 bits per heavy atom. The summed E-state index contributed by atoms with van der Waals surface area (Å²) in [6, 6.07) is 7.67. The van der Waals surface area contributed by atoms with Crippen LogP contribution < -0.4 is 10.1 Å². The molecule has 1 saturated heterocycles. The van der Waals surface area contributed by atoms with Crippen molar-refractivity contribution in [2.75, 3.05) is 32.2 Å². The molecule has 102 valence electrons. The normalized spacial score (nSPS) is 17.5. The van der Waals surface area contributed by atoms with Crippen LogP contribution in [0, 0.1) is 16.7 Å². The van der Waals surface area contributed by atoms with Gasteiger partial charge in [-0.15, -0.1) is 0 Å². The van der Waals surface area contributed by atoms with Gasteiger partial charge in [-0.25, -0.2) is 0 Å². The van der Waals surface area contributed by atoms with Crippen LogP contribution in [0.3, 0.4) is 0 Å². The number of nitrogens with one attached hydrogen (secondary N) is 1. The molecule has 0 saturated carbocycles. The van der Waals surface area contributed by atoms with Crippen molar-refractivity contribution >= 4 is 5.69 Å². The third-order valence-electron chi connectivity index (χ3n) is 3.75. The Labute approximate surface area is 114 Å². The van der Waals surface area contributed by atoms with Gasteiger partial charge in [0, 0.05) is 25.8 Å². The average Bonchev–Trinajstić information content (AvgIpc) is 2.45. The Balaban J connectivity index is 2.07. The molecular formula is C15H20N2O2. The first-order chi connectivity index (χ1) is 9.17. The lowest BCUT2D eigenvalue weighted by molar-refractivity contribution is 0.0300. The predicted molar refractivity (Wildman–Crippen MR) is 74.4 cm³/mol. The van der Waals surface area contributed by atoms with E-state index in [1.165, 1.54) is 0 Å². The van der Waals surface area contributed by atoms with Gasteiger partial charge in [0.2, 0.25) is 0 Å². The molecule has 1 aromatic carbocycles. The molecule has 1 aromatic rings. The summed E-state index contributed by atoms with van der Waals surface area (Å²) in [6.45, 7) is 4.75. The molecule has 2 rings (SSSR count). The molecule has 0 spiro atoms. The van der Waals surface area contributed by atoms with Crippen molar-refractivity contribution < 1.29 is 9.47 Å². The van der Waals surface area contributed by atoms with Crippen LogP contribution in [0.5, 0.6) is 5.75 Å². The zero-order valence-corrected chi connectivity index (χ0v) is 11.5. The summed E-state index contributed by atoms with van der Waals surface area (Å²) in [7, 11) is 1.63. The summed E-state index contributed by atoms with van der Waals surface area (Å²) in [5.41, 5.74) is 1.72. The summed E-state index contributed by atoms with van der Waals surface area (Å²) >= 11 is 0. The number of nitriles is 1. The molecule has 0 amide bonds. The molecule has 0 atom stereocenters. The van der Waals surface area contributed by atoms with E-state index in [2.05, 4.69) is 18.3 Å². The van der Waals surface area contributed by atoms with Gasteiger partial charge in [-0.3, -0.25) is 0 Å². The van der Waals surface area contributed by atoms with Crippen LogP contribution >= 0.6 is 0 Å². The first kappa shape index (κ1) is 13.7. The Morgan fingerprint density at radius 1 is 1.42 bits per heavy atom. The van der Waals surface area contributed by atoms with E-state index in [0.29, 0.717) is 5.56 Å². The van der Waals surface area contributed by atoms with E-state index in [1.807, 2.05) is 6.07 Å². The first-order valence-electron chi connectivity index (χ1n) is 6.57. The molecule has 4 heteroatoms. The van der Waals surface area contributed by atoms with E-state index >= 15 is 0 Å². The number of benzene rings is 1. The summed E-state index contributed by atoms with van der Waals surface area (Å²) in [5, 5.41) is 12.5. The lowest BCUT2D eigenvalue weighted by Gasteiger charge is -2.34. The minimum absolute atomic E-state index is 0.230. The van der Waals surface area contributed by atoms with Crippen LogP contribution in [0.2, 0.25) is 0 Å². The van der Waals surface area contributed by atoms with Crippen LogP contribution in [0.15, 0.2) is 18.2 Å². The minimum Gasteiger partial charge on any atom is -0.497 e. The van der Waals surface area contributed by atoms with Crippen LogP contribution in [-0.2, 0) is 4.74 Å². The second kappa shape index (κ2) is 5.94. The van der Waals surface area contributed by atoms with Gasteiger partial charge < -0.3 is 14.8 Å². The van der Waals surface area contributed by atoms with E-state index in [4.69, 9.17) is 14.7 Å². The summed E-state index contributed by atoms with van der Waals surface area (Å²) in [4.78, 5) is 0. The van der Waals surface area contributed by atoms with Crippen LogP contribution in [0.1, 0.15) is 25.3 Å². The number of hydrogen-bond donors (Lipinski definition) is 1. The SMILES string of the molecule is COc1ccc(C#N)c(NCC2(C)CCOCC2)c1. The highest BCUT2D eigenvalue weighted by molar-refractivity contribution is 5.60. The van der Waals surface area contributed by atoms with Crippen LogP contribution in [0.25, 0.3) is 0 Å². The number of methoxy groups -OCH3 is 1. The van der Waals surface area contributed by atoms with Crippen LogP contribution in [-0.4, -0.2) is 26.9 Å². The lowest BCUT2D eigenvalue weighted by Crippen LogP contribution is -2.33. The zero-order chi connectivity index (χ0) is 13.7. The summed E-state index contributed by atoms with van der Waals surface area (Å²) < 4.78 is 10.6. The number of nitrogens with zero attached hydrogens (tertiary/aromatic N) is 1. The maximum Gasteiger partial charge on any atom is 0.121 e. The fraction of sp³-hybridized carbons (Fsp3) is 0.533. The van der Waals surface area contributed by atoms with E-state index < -0.39 is 0 Å². The molecular weight excluding hydrogens is 240 g/mol. The molecule has 0 bridgehead atoms. The van der Waals surface area contributed by atoms with E-state index in [0.717, 1.165) is 44.0 Å². The Morgan fingerprint density at radius 2 is 2.16 bits per heavy atom. The molecule has 0 radical (unpaired) electrons. The predicted octanol–water partition coefficient (Wildman–Crippen LogP) is 2.80. The third-order valence-corrected chi connectivity index (χ3v) is 3.75. The van der Waals surface area contributed by atoms with Gasteiger partial charge in [0.05, 0.1) is 18.4 Å². The van der Waals surface area contributed by atoms with E-state index in [9.17, 15) is 0 Å². The fourth-order valence-electron chi connectivity index (χ4n) is 2.24. The zero-order valence-electron chi connectivity index (χ0n) is 11.5. The Kier molecular flexibility index (Phi) is 4.28. The van der Waals surface area contributed by atoms with Crippen LogP contribution in [0.4, 0.5) is 5.69 Å². The molecule has 0 aromatic heterocycles. The van der Waals surface area contributed by atoms with Crippen molar-refractivity contribution in [3.63, 3.8) is 0 Å². The topological polar surface area (TPSA) is 54.3 Å². The molecule has 0 unspecified atom stereocenters. The highest BCUT2D eigenvalue weighted by Crippen LogP contribution is 2.31. The smallest absolute Gasteiger partial charge is 0.121 e. The average molecular weight is 260 g/mol. The van der Waals surface area contributed by atoms with Crippen molar-refractivity contribution in [1.82, 2.24) is 0 Å². The van der Waals surface area contributed by atoms with Gasteiger partial charge in [-0.2, -0.15) is 5.26 Å². The van der Waals surface area contributed by atoms with Crippen molar-refractivity contribution in [3.05, 3.63) is 23.8 Å². The van der Waals surface area contributed by atoms with Gasteiger partial charge >= 0.3 is 0 Å². The summed E-state index contributed by atoms with van der Waals surface area (Å²) in [6.07, 6.45) is 2.09. The molecule has 1 N–H and O–H groups in total. The van der Waals surface area contributed by atoms with Gasteiger partial charge in [0.1, 0.15) is 11.8 Å². The van der Waals surface area contributed by atoms with E-state index in [-0.39, 0.29) is 5.41 Å². The molecule has 1 heterocycles. The first-order valence-corrected chi connectivity index (χ1v) is 6.57. The largest absolute Gasteiger partial charge is 0.497 e. The minimum atomic E-state index is 0.230. The Bertz CT molecular complexity index is 474. The van der Waals surface area contributed by atoms with E-state index in [1.54, 1.807) is 19.2 Å². The molecule has 1 aliphatic rings. The molecule has 0 aliphatic carbocycles. The second-order valence-electron chi connectivity index (χ2n) is 5.30. The highest BCUT2D eigenvalue weighted by atomic mass is 16.5. The number of hydrogen-bond acceptors (Lipinski definition) is 4. The van der Waals surface area contributed by atoms with Gasteiger partial charge in [-0.1, -0.05) is 6.92 Å². The quantitative estimate of drug-likeness (QED) is 0.904. The number of rotatable bonds is 4. The van der Waals surface area contributed by atoms with Gasteiger partial charge in [0.25, 0.3) is 0 Å². The van der Waals surface area contributed by atoms with Crippen molar-refractivity contribution in [2.45, 2.75) is 19.8 Å². The standard InChI is InChI=1S/C15H20N2O2/c1-15(5-7-19-8-6-15)11-17-14-9-13(18-2)4-3-12(14)10-16/h3-4,9,17H,5-8,11H2,1-2H3. The van der Waals surface area contributed by atoms with Gasteiger partial charge in [0.15, 0.2) is 0 Å². The molecule has 1 aliphatic heterocycles. The second-order valence-corrected chi connectivity index (χ2v) is 5.30. The molecule has 1 fully saturated rings. The summed E-state index contributed by atoms with van der Waals surface area (Å²) in [5.74, 6) is 0.763. The van der Waals surface area contributed by atoms with Crippen molar-refractivity contribution in [3.8, 4) is 11.8 Å². The maximum absolute atomic E-state index is 9.13. The Hall–Kier alpha value is -1.73.